The molecular weight excluding hydrogens is 425 g/mol. The van der Waals surface area contributed by atoms with Crippen LogP contribution in [-0.2, 0) is 19.5 Å². The maximum absolute atomic E-state index is 12.8. The summed E-state index contributed by atoms with van der Waals surface area (Å²) in [7, 11) is 3.14. The Balaban J connectivity index is 1.56. The molecule has 0 atom stereocenters. The summed E-state index contributed by atoms with van der Waals surface area (Å²) in [4.78, 5) is 22.5. The molecule has 0 spiro atoms. The molecule has 156 valence electrons. The standard InChI is InChI=1S/C22H21Cl2N3O3/c1-29-19-10-13(9-17(24)20(19)30-2)11-27-8-7-18-16(12-27)22(28)26-21(25-18)14-3-5-15(23)6-4-14/h3-6,9-10H,7-8,11-12H2,1-2H3,(H,25,26,28). The molecule has 8 heteroatoms. The van der Waals surface area contributed by atoms with Crippen LogP contribution in [0.25, 0.3) is 11.4 Å². The second-order valence-electron chi connectivity index (χ2n) is 7.12. The number of aromatic nitrogens is 2. The van der Waals surface area contributed by atoms with Crippen LogP contribution < -0.4 is 15.0 Å². The van der Waals surface area contributed by atoms with E-state index in [1.54, 1.807) is 26.4 Å². The van der Waals surface area contributed by atoms with Crippen molar-refractivity contribution in [3.63, 3.8) is 0 Å². The molecule has 0 radical (unpaired) electrons. The highest BCUT2D eigenvalue weighted by atomic mass is 35.5. The molecule has 1 aromatic heterocycles. The number of nitrogens with zero attached hydrogens (tertiary/aromatic N) is 2. The number of aromatic amines is 1. The lowest BCUT2D eigenvalue weighted by Crippen LogP contribution is -2.35. The third kappa shape index (κ3) is 4.17. The van der Waals surface area contributed by atoms with Crippen LogP contribution in [0.3, 0.4) is 0 Å². The fraction of sp³-hybridized carbons (Fsp3) is 0.273. The predicted molar refractivity (Wildman–Crippen MR) is 118 cm³/mol. The van der Waals surface area contributed by atoms with Gasteiger partial charge in [0, 0.05) is 36.6 Å². The number of hydrogen-bond donors (Lipinski definition) is 1. The van der Waals surface area contributed by atoms with Gasteiger partial charge in [-0.15, -0.1) is 0 Å². The molecule has 4 rings (SSSR count). The Kier molecular flexibility index (Phi) is 5.99. The maximum atomic E-state index is 12.8. The number of nitrogens with one attached hydrogen (secondary N) is 1. The highest BCUT2D eigenvalue weighted by molar-refractivity contribution is 6.32. The first kappa shape index (κ1) is 20.7. The van der Waals surface area contributed by atoms with E-state index in [1.165, 1.54) is 0 Å². The normalized spacial score (nSPS) is 13.7. The Bertz CT molecular complexity index is 1130. The Labute approximate surface area is 184 Å². The zero-order valence-corrected chi connectivity index (χ0v) is 18.2. The van der Waals surface area contributed by atoms with E-state index >= 15 is 0 Å². The molecule has 0 saturated heterocycles. The number of benzene rings is 2. The molecule has 1 aliphatic heterocycles. The minimum atomic E-state index is -0.111. The van der Waals surface area contributed by atoms with Crippen LogP contribution in [0.15, 0.2) is 41.2 Å². The van der Waals surface area contributed by atoms with Crippen LogP contribution in [0, 0.1) is 0 Å². The van der Waals surface area contributed by atoms with Gasteiger partial charge in [0.05, 0.1) is 30.5 Å². The van der Waals surface area contributed by atoms with Gasteiger partial charge in [-0.05, 0) is 42.0 Å². The maximum Gasteiger partial charge on any atom is 0.255 e. The summed E-state index contributed by atoms with van der Waals surface area (Å²) in [6.07, 6.45) is 0.695. The molecule has 3 aromatic rings. The Morgan fingerprint density at radius 1 is 1.13 bits per heavy atom. The van der Waals surface area contributed by atoms with Gasteiger partial charge in [-0.25, -0.2) is 4.98 Å². The van der Waals surface area contributed by atoms with Gasteiger partial charge < -0.3 is 14.5 Å². The van der Waals surface area contributed by atoms with Crippen LogP contribution in [-0.4, -0.2) is 35.6 Å². The minimum Gasteiger partial charge on any atom is -0.493 e. The first-order valence-corrected chi connectivity index (χ1v) is 10.2. The molecule has 6 nitrogen and oxygen atoms in total. The molecule has 0 bridgehead atoms. The molecule has 1 aliphatic rings. The summed E-state index contributed by atoms with van der Waals surface area (Å²) < 4.78 is 10.7. The molecular formula is C22H21Cl2N3O3. The van der Waals surface area contributed by atoms with Gasteiger partial charge in [-0.2, -0.15) is 0 Å². The SMILES string of the molecule is COc1cc(CN2CCc3nc(-c4ccc(Cl)cc4)[nH]c(=O)c3C2)cc(Cl)c1OC. The van der Waals surface area contributed by atoms with Gasteiger partial charge in [-0.1, -0.05) is 23.2 Å². The van der Waals surface area contributed by atoms with E-state index in [9.17, 15) is 4.79 Å². The van der Waals surface area contributed by atoms with E-state index in [-0.39, 0.29) is 5.56 Å². The van der Waals surface area contributed by atoms with E-state index in [2.05, 4.69) is 9.88 Å². The molecule has 0 fully saturated rings. The second-order valence-corrected chi connectivity index (χ2v) is 7.96. The molecule has 0 saturated carbocycles. The molecule has 1 N–H and O–H groups in total. The summed E-state index contributed by atoms with van der Waals surface area (Å²) in [5.41, 5.74) is 3.25. The van der Waals surface area contributed by atoms with Crippen molar-refractivity contribution in [2.45, 2.75) is 19.5 Å². The highest BCUT2D eigenvalue weighted by Gasteiger charge is 2.22. The van der Waals surface area contributed by atoms with E-state index < -0.39 is 0 Å². The monoisotopic (exact) mass is 445 g/mol. The number of rotatable bonds is 5. The third-order valence-electron chi connectivity index (χ3n) is 5.16. The summed E-state index contributed by atoms with van der Waals surface area (Å²) in [5, 5.41) is 1.14. The number of halogens is 2. The lowest BCUT2D eigenvalue weighted by molar-refractivity contribution is 0.241. The van der Waals surface area contributed by atoms with E-state index in [1.807, 2.05) is 24.3 Å². The van der Waals surface area contributed by atoms with Gasteiger partial charge in [0.25, 0.3) is 5.56 Å². The van der Waals surface area contributed by atoms with Crippen LogP contribution in [0.4, 0.5) is 0 Å². The van der Waals surface area contributed by atoms with Crippen molar-refractivity contribution >= 4 is 23.2 Å². The number of ether oxygens (including phenoxy) is 2. The summed E-state index contributed by atoms with van der Waals surface area (Å²) in [6.45, 7) is 1.94. The molecule has 0 unspecified atom stereocenters. The fourth-order valence-corrected chi connectivity index (χ4v) is 4.12. The quantitative estimate of drug-likeness (QED) is 0.633. The van der Waals surface area contributed by atoms with Crippen LogP contribution in [0.1, 0.15) is 16.8 Å². The van der Waals surface area contributed by atoms with E-state index in [4.69, 9.17) is 37.7 Å². The van der Waals surface area contributed by atoms with Crippen molar-refractivity contribution in [3.05, 3.63) is 73.6 Å². The second kappa shape index (κ2) is 8.68. The number of hydrogen-bond acceptors (Lipinski definition) is 5. The fourth-order valence-electron chi connectivity index (χ4n) is 3.68. The third-order valence-corrected chi connectivity index (χ3v) is 5.70. The predicted octanol–water partition coefficient (Wildman–Crippen LogP) is 4.32. The van der Waals surface area contributed by atoms with Gasteiger partial charge >= 0.3 is 0 Å². The molecule has 0 aliphatic carbocycles. The Morgan fingerprint density at radius 3 is 2.60 bits per heavy atom. The molecule has 2 aromatic carbocycles. The lowest BCUT2D eigenvalue weighted by atomic mass is 10.1. The first-order chi connectivity index (χ1) is 14.5. The average Bonchev–Trinajstić information content (AvgIpc) is 2.74. The zero-order valence-electron chi connectivity index (χ0n) is 16.7. The summed E-state index contributed by atoms with van der Waals surface area (Å²) >= 11 is 12.3. The Hall–Kier alpha value is -2.54. The summed E-state index contributed by atoms with van der Waals surface area (Å²) in [6, 6.07) is 11.0. The van der Waals surface area contributed by atoms with Gasteiger partial charge in [0.15, 0.2) is 11.5 Å². The topological polar surface area (TPSA) is 67.5 Å². The van der Waals surface area contributed by atoms with Crippen molar-refractivity contribution < 1.29 is 9.47 Å². The number of H-pyrrole nitrogens is 1. The van der Waals surface area contributed by atoms with Crippen molar-refractivity contribution in [2.24, 2.45) is 0 Å². The first-order valence-electron chi connectivity index (χ1n) is 9.49. The van der Waals surface area contributed by atoms with E-state index in [0.717, 1.165) is 23.4 Å². The van der Waals surface area contributed by atoms with Gasteiger partial charge in [0.2, 0.25) is 0 Å². The Morgan fingerprint density at radius 2 is 1.90 bits per heavy atom. The van der Waals surface area contributed by atoms with Crippen LogP contribution in [0.5, 0.6) is 11.5 Å². The van der Waals surface area contributed by atoms with E-state index in [0.29, 0.717) is 52.4 Å². The van der Waals surface area contributed by atoms with Crippen molar-refractivity contribution in [3.8, 4) is 22.9 Å². The molecule has 0 amide bonds. The molecule has 2 heterocycles. The van der Waals surface area contributed by atoms with Crippen molar-refractivity contribution in [1.82, 2.24) is 14.9 Å². The number of methoxy groups -OCH3 is 2. The highest BCUT2D eigenvalue weighted by Crippen LogP contribution is 2.36. The van der Waals surface area contributed by atoms with Crippen molar-refractivity contribution in [1.29, 1.82) is 0 Å². The minimum absolute atomic E-state index is 0.111. The summed E-state index contributed by atoms with van der Waals surface area (Å²) in [5.74, 6) is 1.67. The number of fused-ring (bicyclic) bond motifs is 1. The molecule has 30 heavy (non-hydrogen) atoms. The lowest BCUT2D eigenvalue weighted by Gasteiger charge is -2.28. The van der Waals surface area contributed by atoms with Gasteiger partial charge in [0.1, 0.15) is 5.82 Å². The zero-order chi connectivity index (χ0) is 21.3. The smallest absolute Gasteiger partial charge is 0.255 e. The average molecular weight is 446 g/mol. The van der Waals surface area contributed by atoms with Gasteiger partial charge in [-0.3, -0.25) is 9.69 Å². The van der Waals surface area contributed by atoms with Crippen LogP contribution >= 0.6 is 23.2 Å². The van der Waals surface area contributed by atoms with Crippen LogP contribution in [0.2, 0.25) is 10.0 Å². The van der Waals surface area contributed by atoms with Crippen molar-refractivity contribution in [2.75, 3.05) is 20.8 Å². The largest absolute Gasteiger partial charge is 0.493 e.